The second-order valence-corrected chi connectivity index (χ2v) is 0.394. The van der Waals surface area contributed by atoms with Gasteiger partial charge >= 0.3 is 21.1 Å². The van der Waals surface area contributed by atoms with Crippen LogP contribution in [0.1, 0.15) is 6.92 Å². The van der Waals surface area contributed by atoms with Gasteiger partial charge in [-0.15, -0.1) is 0 Å². The van der Waals surface area contributed by atoms with E-state index in [1.54, 1.807) is 6.92 Å². The van der Waals surface area contributed by atoms with Gasteiger partial charge in [-0.3, -0.25) is 11.7 Å². The molecule has 0 amide bonds. The minimum absolute atomic E-state index is 0. The molecule has 0 aliphatic heterocycles. The fourth-order valence-electron chi connectivity index (χ4n) is 0. The Kier molecular flexibility index (Phi) is 37.4. The molecule has 0 spiro atoms. The van der Waals surface area contributed by atoms with E-state index >= 15 is 0 Å². The molecule has 3 heteroatoms. The summed E-state index contributed by atoms with van der Waals surface area (Å²) in [6.45, 7) is 7.56. The average Bonchev–Trinajstić information content (AvgIpc) is 1.41. The van der Waals surface area contributed by atoms with E-state index < -0.39 is 5.97 Å². The molecule has 0 aromatic heterocycles. The molecule has 0 aliphatic rings. The zero-order chi connectivity index (χ0) is 5.58. The molecular formula is C4H8O2W. The molecule has 0 fully saturated rings. The normalized spacial score (nSPS) is 4.29. The van der Waals surface area contributed by atoms with Crippen molar-refractivity contribution in [3.05, 3.63) is 13.8 Å². The van der Waals surface area contributed by atoms with Gasteiger partial charge in [0, 0.05) is 0 Å². The Balaban J connectivity index is -0.0000000480. The Bertz CT molecular complexity index is 32.7. The van der Waals surface area contributed by atoms with E-state index in [4.69, 9.17) is 9.90 Å². The third kappa shape index (κ3) is 122000. The quantitative estimate of drug-likeness (QED) is 0.660. The number of carboxylic acids is 1. The molecular weight excluding hydrogens is 264 g/mol. The van der Waals surface area contributed by atoms with Crippen LogP contribution in [0, 0.1) is 13.8 Å². The summed E-state index contributed by atoms with van der Waals surface area (Å²) >= 11 is 0. The van der Waals surface area contributed by atoms with Crippen molar-refractivity contribution in [3.63, 3.8) is 0 Å². The van der Waals surface area contributed by atoms with Gasteiger partial charge in [0.05, 0.1) is 0 Å². The first-order chi connectivity index (χ1) is 2.73. The first-order valence-corrected chi connectivity index (χ1v) is 1.49. The molecule has 0 bridgehead atoms. The third-order valence-corrected chi connectivity index (χ3v) is 0. The van der Waals surface area contributed by atoms with Crippen LogP contribution in [0.15, 0.2) is 0 Å². The monoisotopic (exact) mass is 272 g/mol. The van der Waals surface area contributed by atoms with Crippen molar-refractivity contribution in [2.75, 3.05) is 0 Å². The zero-order valence-corrected chi connectivity index (χ0v) is 7.11. The standard InChI is InChI=1S/C2H3O2.C2H5.W/c1-2(3)4;1-2;/h1H2,(H,3,4);1H2,2H3;/q2*-1;+2. The Hall–Kier alpha value is 0.0283. The van der Waals surface area contributed by atoms with Crippen molar-refractivity contribution in [2.45, 2.75) is 6.92 Å². The van der Waals surface area contributed by atoms with Crippen LogP contribution in [0.5, 0.6) is 0 Å². The summed E-state index contributed by atoms with van der Waals surface area (Å²) < 4.78 is 0. The van der Waals surface area contributed by atoms with Crippen LogP contribution >= 0.6 is 0 Å². The second kappa shape index (κ2) is 16.6. The molecule has 42 valence electrons. The molecule has 0 saturated heterocycles. The summed E-state index contributed by atoms with van der Waals surface area (Å²) in [7, 11) is 0. The molecule has 7 heavy (non-hydrogen) atoms. The van der Waals surface area contributed by atoms with E-state index in [-0.39, 0.29) is 21.1 Å². The van der Waals surface area contributed by atoms with Gasteiger partial charge in [0.1, 0.15) is 0 Å². The van der Waals surface area contributed by atoms with Gasteiger partial charge in [0.2, 0.25) is 0 Å². The largest absolute Gasteiger partial charge is 2.00 e. The van der Waals surface area contributed by atoms with Crippen LogP contribution in [0.4, 0.5) is 0 Å². The predicted octanol–water partition coefficient (Wildman–Crippen LogP) is 0.743. The molecule has 2 nitrogen and oxygen atoms in total. The van der Waals surface area contributed by atoms with Gasteiger partial charge in [0.15, 0.2) is 5.97 Å². The fraction of sp³-hybridized carbons (Fsp3) is 0.250. The number of hydrogen-bond donors (Lipinski definition) is 1. The molecule has 0 heterocycles. The van der Waals surface area contributed by atoms with E-state index in [0.717, 1.165) is 0 Å². The molecule has 0 radical (unpaired) electrons. The SMILES string of the molecule is [CH2-]C.[CH2-]C(=O)O.[W+2]. The van der Waals surface area contributed by atoms with Crippen LogP contribution in [-0.2, 0) is 25.9 Å². The summed E-state index contributed by atoms with van der Waals surface area (Å²) in [5.74, 6) is -1.08. The number of carbonyl (C=O) groups is 1. The maximum Gasteiger partial charge on any atom is 2.00 e. The molecule has 0 aromatic rings. The van der Waals surface area contributed by atoms with Crippen LogP contribution < -0.4 is 0 Å². The number of rotatable bonds is 0. The van der Waals surface area contributed by atoms with E-state index in [0.29, 0.717) is 0 Å². The predicted molar refractivity (Wildman–Crippen MR) is 24.0 cm³/mol. The van der Waals surface area contributed by atoms with Gasteiger partial charge in [0.25, 0.3) is 0 Å². The second-order valence-electron chi connectivity index (χ2n) is 0.394. The third-order valence-electron chi connectivity index (χ3n) is 0. The van der Waals surface area contributed by atoms with Crippen molar-refractivity contribution in [3.8, 4) is 0 Å². The Morgan fingerprint density at radius 1 is 1.57 bits per heavy atom. The van der Waals surface area contributed by atoms with Gasteiger partial charge in [-0.2, -0.15) is 6.92 Å². The van der Waals surface area contributed by atoms with Crippen molar-refractivity contribution in [2.24, 2.45) is 0 Å². The van der Waals surface area contributed by atoms with E-state index in [1.807, 2.05) is 0 Å². The Labute approximate surface area is 58.2 Å². The van der Waals surface area contributed by atoms with Crippen LogP contribution in [-0.4, -0.2) is 11.1 Å². The molecule has 0 aliphatic carbocycles. The van der Waals surface area contributed by atoms with Crippen LogP contribution in [0.3, 0.4) is 0 Å². The maximum absolute atomic E-state index is 8.89. The first kappa shape index (κ1) is 15.7. The van der Waals surface area contributed by atoms with Crippen LogP contribution in [0.25, 0.3) is 0 Å². The van der Waals surface area contributed by atoms with E-state index in [9.17, 15) is 0 Å². The van der Waals surface area contributed by atoms with Crippen molar-refractivity contribution in [1.82, 2.24) is 0 Å². The average molecular weight is 272 g/mol. The minimum atomic E-state index is -1.08. The molecule has 0 atom stereocenters. The smallest absolute Gasteiger partial charge is 0.503 e. The summed E-state index contributed by atoms with van der Waals surface area (Å²) in [4.78, 5) is 8.89. The van der Waals surface area contributed by atoms with Gasteiger partial charge in [-0.1, -0.05) is 0 Å². The number of aliphatic carboxylic acids is 1. The number of carboxylic acid groups (broad SMARTS) is 1. The minimum Gasteiger partial charge on any atom is -0.503 e. The molecule has 0 rings (SSSR count). The van der Waals surface area contributed by atoms with Gasteiger partial charge in [-0.25, -0.2) is 0 Å². The maximum atomic E-state index is 8.89. The van der Waals surface area contributed by atoms with Crippen molar-refractivity contribution in [1.29, 1.82) is 0 Å². The number of hydrogen-bond acceptors (Lipinski definition) is 1. The molecule has 0 unspecified atom stereocenters. The summed E-state index contributed by atoms with van der Waals surface area (Å²) in [6.07, 6.45) is 0. The van der Waals surface area contributed by atoms with Crippen molar-refractivity contribution >= 4 is 5.97 Å². The van der Waals surface area contributed by atoms with Crippen molar-refractivity contribution < 1.29 is 31.0 Å². The first-order valence-electron chi connectivity index (χ1n) is 1.49. The van der Waals surface area contributed by atoms with Gasteiger partial charge < -0.3 is 12.0 Å². The van der Waals surface area contributed by atoms with Crippen LogP contribution in [0.2, 0.25) is 0 Å². The summed E-state index contributed by atoms with van der Waals surface area (Å²) in [5.41, 5.74) is 0. The van der Waals surface area contributed by atoms with E-state index in [1.165, 1.54) is 0 Å². The molecule has 1 N–H and O–H groups in total. The Morgan fingerprint density at radius 3 is 1.57 bits per heavy atom. The van der Waals surface area contributed by atoms with E-state index in [2.05, 4.69) is 13.8 Å². The molecule has 0 saturated carbocycles. The summed E-state index contributed by atoms with van der Waals surface area (Å²) in [5, 5.41) is 7.31. The Morgan fingerprint density at radius 2 is 1.57 bits per heavy atom. The topological polar surface area (TPSA) is 37.3 Å². The van der Waals surface area contributed by atoms with Gasteiger partial charge in [-0.05, 0) is 0 Å². The zero-order valence-electron chi connectivity index (χ0n) is 4.18. The summed E-state index contributed by atoms with van der Waals surface area (Å²) in [6, 6.07) is 0. The molecule has 0 aromatic carbocycles. The fourth-order valence-corrected chi connectivity index (χ4v) is 0.